The third-order valence-electron chi connectivity index (χ3n) is 3.28. The van der Waals surface area contributed by atoms with Gasteiger partial charge in [-0.05, 0) is 30.8 Å². The number of hydrogen-bond donors (Lipinski definition) is 2. The molecule has 130 valence electrons. The number of benzene rings is 2. The van der Waals surface area contributed by atoms with Crippen LogP contribution in [0, 0.1) is 5.82 Å². The fourth-order valence-corrected chi connectivity index (χ4v) is 3.20. The maximum atomic E-state index is 13.1. The van der Waals surface area contributed by atoms with E-state index in [9.17, 15) is 12.8 Å². The Morgan fingerprint density at radius 2 is 1.96 bits per heavy atom. The molecule has 0 fully saturated rings. The van der Waals surface area contributed by atoms with Gasteiger partial charge in [0.15, 0.2) is 0 Å². The lowest BCUT2D eigenvalue weighted by molar-refractivity contribution is 0.312. The molecule has 0 aromatic heterocycles. The summed E-state index contributed by atoms with van der Waals surface area (Å²) in [5.74, 6) is -0.148. The van der Waals surface area contributed by atoms with Crippen molar-refractivity contribution in [2.75, 3.05) is 20.2 Å². The molecule has 0 aliphatic carbocycles. The first-order valence-electron chi connectivity index (χ1n) is 7.24. The smallest absolute Gasteiger partial charge is 0.240 e. The fourth-order valence-electron chi connectivity index (χ4n) is 2.07. The largest absolute Gasteiger partial charge is 0.491 e. The van der Waals surface area contributed by atoms with Gasteiger partial charge in [-0.1, -0.05) is 29.8 Å². The van der Waals surface area contributed by atoms with Crippen molar-refractivity contribution in [3.63, 3.8) is 0 Å². The van der Waals surface area contributed by atoms with Crippen molar-refractivity contribution in [1.82, 2.24) is 10.0 Å². The zero-order valence-corrected chi connectivity index (χ0v) is 14.6. The van der Waals surface area contributed by atoms with E-state index in [2.05, 4.69) is 10.0 Å². The van der Waals surface area contributed by atoms with Gasteiger partial charge < -0.3 is 10.1 Å². The second-order valence-electron chi connectivity index (χ2n) is 4.92. The van der Waals surface area contributed by atoms with Gasteiger partial charge in [0.1, 0.15) is 18.2 Å². The Morgan fingerprint density at radius 3 is 2.71 bits per heavy atom. The average molecular weight is 373 g/mol. The predicted octanol–water partition coefficient (Wildman–Crippen LogP) is 2.56. The van der Waals surface area contributed by atoms with E-state index in [1.807, 2.05) is 0 Å². The molecule has 2 N–H and O–H groups in total. The van der Waals surface area contributed by atoms with Crippen molar-refractivity contribution < 1.29 is 17.5 Å². The standard InChI is InChI=1S/C16H18ClFN2O3S/c1-19-24(21,22)16-5-3-2-4-12(16)11-20-8-9-23-15-10-13(18)6-7-14(15)17/h2-7,10,19-20H,8-9,11H2,1H3. The fraction of sp³-hybridized carbons (Fsp3) is 0.250. The lowest BCUT2D eigenvalue weighted by Gasteiger charge is -2.12. The molecule has 0 spiro atoms. The van der Waals surface area contributed by atoms with Crippen LogP contribution in [0.5, 0.6) is 5.75 Å². The Kier molecular flexibility index (Phi) is 6.56. The minimum Gasteiger partial charge on any atom is -0.491 e. The summed E-state index contributed by atoms with van der Waals surface area (Å²) in [5.41, 5.74) is 0.649. The number of nitrogens with one attached hydrogen (secondary N) is 2. The van der Waals surface area contributed by atoms with Crippen molar-refractivity contribution in [3.8, 4) is 5.75 Å². The minimum absolute atomic E-state index is 0.231. The van der Waals surface area contributed by atoms with Gasteiger partial charge in [0, 0.05) is 19.2 Å². The van der Waals surface area contributed by atoms with Gasteiger partial charge in [0.05, 0.1) is 9.92 Å². The summed E-state index contributed by atoms with van der Waals surface area (Å²) >= 11 is 5.91. The Balaban J connectivity index is 1.88. The molecule has 0 aliphatic rings. The molecule has 24 heavy (non-hydrogen) atoms. The molecule has 2 aromatic rings. The number of halogens is 2. The molecule has 0 bridgehead atoms. The molecule has 0 aliphatic heterocycles. The summed E-state index contributed by atoms with van der Waals surface area (Å²) in [5, 5.41) is 3.42. The first-order valence-corrected chi connectivity index (χ1v) is 9.10. The SMILES string of the molecule is CNS(=O)(=O)c1ccccc1CNCCOc1cc(F)ccc1Cl. The molecule has 0 atom stereocenters. The highest BCUT2D eigenvalue weighted by Gasteiger charge is 2.15. The van der Waals surface area contributed by atoms with E-state index in [-0.39, 0.29) is 17.3 Å². The summed E-state index contributed by atoms with van der Waals surface area (Å²) < 4.78 is 44.7. The quantitative estimate of drug-likeness (QED) is 0.699. The zero-order valence-electron chi connectivity index (χ0n) is 13.1. The van der Waals surface area contributed by atoms with E-state index in [0.717, 1.165) is 0 Å². The van der Waals surface area contributed by atoms with Crippen molar-refractivity contribution in [2.45, 2.75) is 11.4 Å². The van der Waals surface area contributed by atoms with Crippen LogP contribution in [-0.2, 0) is 16.6 Å². The van der Waals surface area contributed by atoms with Crippen LogP contribution in [0.3, 0.4) is 0 Å². The van der Waals surface area contributed by atoms with Crippen LogP contribution in [0.2, 0.25) is 5.02 Å². The molecular formula is C16H18ClFN2O3S. The Morgan fingerprint density at radius 1 is 1.21 bits per heavy atom. The second kappa shape index (κ2) is 8.43. The topological polar surface area (TPSA) is 67.4 Å². The highest BCUT2D eigenvalue weighted by atomic mass is 35.5. The lowest BCUT2D eigenvalue weighted by atomic mass is 10.2. The van der Waals surface area contributed by atoms with Gasteiger partial charge in [0.2, 0.25) is 10.0 Å². The summed E-state index contributed by atoms with van der Waals surface area (Å²) in [6.45, 7) is 1.07. The van der Waals surface area contributed by atoms with Crippen LogP contribution in [0.1, 0.15) is 5.56 Å². The molecular weight excluding hydrogens is 355 g/mol. The van der Waals surface area contributed by atoms with E-state index in [4.69, 9.17) is 16.3 Å². The zero-order chi connectivity index (χ0) is 17.6. The molecule has 0 heterocycles. The van der Waals surface area contributed by atoms with Gasteiger partial charge in [0.25, 0.3) is 0 Å². The summed E-state index contributed by atoms with van der Waals surface area (Å²) in [6.07, 6.45) is 0. The monoisotopic (exact) mass is 372 g/mol. The second-order valence-corrected chi connectivity index (χ2v) is 7.18. The molecule has 2 aromatic carbocycles. The van der Waals surface area contributed by atoms with E-state index >= 15 is 0 Å². The third kappa shape index (κ3) is 4.91. The summed E-state index contributed by atoms with van der Waals surface area (Å²) in [6, 6.07) is 10.6. The van der Waals surface area contributed by atoms with Gasteiger partial charge in [-0.15, -0.1) is 0 Å². The van der Waals surface area contributed by atoms with E-state index < -0.39 is 15.8 Å². The van der Waals surface area contributed by atoms with Crippen LogP contribution in [0.4, 0.5) is 4.39 Å². The summed E-state index contributed by atoms with van der Waals surface area (Å²) in [4.78, 5) is 0.231. The van der Waals surface area contributed by atoms with E-state index in [1.165, 1.54) is 25.2 Å². The molecule has 0 unspecified atom stereocenters. The highest BCUT2D eigenvalue weighted by Crippen LogP contribution is 2.24. The highest BCUT2D eigenvalue weighted by molar-refractivity contribution is 7.89. The van der Waals surface area contributed by atoms with Gasteiger partial charge >= 0.3 is 0 Å². The molecule has 0 amide bonds. The van der Waals surface area contributed by atoms with Crippen LogP contribution in [0.15, 0.2) is 47.4 Å². The Labute approximate surface area is 145 Å². The van der Waals surface area contributed by atoms with Gasteiger partial charge in [-0.2, -0.15) is 0 Å². The Hall–Kier alpha value is -1.67. The predicted molar refractivity (Wildman–Crippen MR) is 91.3 cm³/mol. The number of rotatable bonds is 8. The molecule has 0 saturated carbocycles. The van der Waals surface area contributed by atoms with E-state index in [1.54, 1.807) is 24.3 Å². The van der Waals surface area contributed by atoms with Crippen LogP contribution < -0.4 is 14.8 Å². The van der Waals surface area contributed by atoms with E-state index in [0.29, 0.717) is 23.7 Å². The number of ether oxygens (including phenoxy) is 1. The minimum atomic E-state index is -3.51. The van der Waals surface area contributed by atoms with Crippen molar-refractivity contribution in [2.24, 2.45) is 0 Å². The van der Waals surface area contributed by atoms with Crippen molar-refractivity contribution in [3.05, 3.63) is 58.9 Å². The molecule has 2 rings (SSSR count). The maximum Gasteiger partial charge on any atom is 0.240 e. The first kappa shape index (κ1) is 18.7. The van der Waals surface area contributed by atoms with Gasteiger partial charge in [-0.25, -0.2) is 17.5 Å². The molecule has 0 radical (unpaired) electrons. The average Bonchev–Trinajstić information content (AvgIpc) is 2.58. The third-order valence-corrected chi connectivity index (χ3v) is 5.10. The first-order chi connectivity index (χ1) is 11.4. The Bertz CT molecular complexity index is 800. The van der Waals surface area contributed by atoms with Crippen LogP contribution in [-0.4, -0.2) is 28.6 Å². The summed E-state index contributed by atoms with van der Waals surface area (Å²) in [7, 11) is -2.13. The number of hydrogen-bond acceptors (Lipinski definition) is 4. The molecule has 0 saturated heterocycles. The lowest BCUT2D eigenvalue weighted by Crippen LogP contribution is -2.24. The van der Waals surface area contributed by atoms with Crippen LogP contribution in [0.25, 0.3) is 0 Å². The number of sulfonamides is 1. The van der Waals surface area contributed by atoms with Gasteiger partial charge in [-0.3, -0.25) is 0 Å². The van der Waals surface area contributed by atoms with Crippen molar-refractivity contribution in [1.29, 1.82) is 0 Å². The van der Waals surface area contributed by atoms with Crippen molar-refractivity contribution >= 4 is 21.6 Å². The normalized spacial score (nSPS) is 11.5. The molecule has 5 nitrogen and oxygen atoms in total. The maximum absolute atomic E-state index is 13.1. The molecule has 8 heteroatoms. The van der Waals surface area contributed by atoms with Crippen LogP contribution >= 0.6 is 11.6 Å².